The minimum Gasteiger partial charge on any atom is -0.461 e. The van der Waals surface area contributed by atoms with Gasteiger partial charge in [-0.15, -0.1) is 0 Å². The monoisotopic (exact) mass is 424 g/mol. The van der Waals surface area contributed by atoms with E-state index >= 15 is 0 Å². The highest BCUT2D eigenvalue weighted by Crippen LogP contribution is 2.25. The first-order valence-corrected chi connectivity index (χ1v) is 10.2. The van der Waals surface area contributed by atoms with Crippen LogP contribution in [-0.4, -0.2) is 20.8 Å². The van der Waals surface area contributed by atoms with Gasteiger partial charge in [-0.3, -0.25) is 9.48 Å². The third-order valence-corrected chi connectivity index (χ3v) is 5.13. The predicted octanol–water partition coefficient (Wildman–Crippen LogP) is 4.78. The van der Waals surface area contributed by atoms with Gasteiger partial charge in [0.2, 0.25) is 5.76 Å². The van der Waals surface area contributed by atoms with Crippen LogP contribution in [0.1, 0.15) is 21.6 Å². The van der Waals surface area contributed by atoms with Crippen LogP contribution in [0.5, 0.6) is 0 Å². The first kappa shape index (κ1) is 19.6. The van der Waals surface area contributed by atoms with E-state index in [1.807, 2.05) is 35.1 Å². The molecule has 0 atom stereocenters. The van der Waals surface area contributed by atoms with Crippen LogP contribution in [0, 0.1) is 0 Å². The quantitative estimate of drug-likeness (QED) is 0.406. The van der Waals surface area contributed by atoms with Crippen LogP contribution in [0.25, 0.3) is 22.6 Å². The summed E-state index contributed by atoms with van der Waals surface area (Å²) in [5.41, 5.74) is 4.53. The number of carbonyl (C=O) groups is 1. The molecule has 5 rings (SSSR count). The lowest BCUT2D eigenvalue weighted by atomic mass is 9.98. The summed E-state index contributed by atoms with van der Waals surface area (Å²) >= 11 is 0. The Morgan fingerprint density at radius 3 is 2.62 bits per heavy atom. The second-order valence-electron chi connectivity index (χ2n) is 7.29. The maximum atomic E-state index is 12.6. The van der Waals surface area contributed by atoms with Crippen molar-refractivity contribution in [1.82, 2.24) is 20.3 Å². The smallest absolute Gasteiger partial charge is 0.273 e. The van der Waals surface area contributed by atoms with Crippen molar-refractivity contribution in [3.05, 3.63) is 108 Å². The summed E-state index contributed by atoms with van der Waals surface area (Å²) in [6, 6.07) is 23.4. The Morgan fingerprint density at radius 1 is 0.969 bits per heavy atom. The lowest BCUT2D eigenvalue weighted by molar-refractivity contribution is 0.0942. The van der Waals surface area contributed by atoms with E-state index in [-0.39, 0.29) is 11.6 Å². The SMILES string of the molecule is O=C(NCc1ccccc1-c1ccc(Cn2cccn2)cc1)c1cc(-c2ccco2)on1. The molecule has 0 spiro atoms. The summed E-state index contributed by atoms with van der Waals surface area (Å²) in [4.78, 5) is 12.6. The Hall–Kier alpha value is -4.39. The van der Waals surface area contributed by atoms with Gasteiger partial charge < -0.3 is 14.3 Å². The molecule has 1 N–H and O–H groups in total. The predicted molar refractivity (Wildman–Crippen MR) is 119 cm³/mol. The fourth-order valence-corrected chi connectivity index (χ4v) is 3.51. The van der Waals surface area contributed by atoms with Gasteiger partial charge in [0, 0.05) is 25.0 Å². The summed E-state index contributed by atoms with van der Waals surface area (Å²) in [5.74, 6) is 0.629. The van der Waals surface area contributed by atoms with Gasteiger partial charge in [0.1, 0.15) is 0 Å². The van der Waals surface area contributed by atoms with Crippen LogP contribution in [-0.2, 0) is 13.1 Å². The zero-order valence-electron chi connectivity index (χ0n) is 17.1. The molecule has 7 heteroatoms. The van der Waals surface area contributed by atoms with Crippen LogP contribution >= 0.6 is 0 Å². The van der Waals surface area contributed by atoms with E-state index in [9.17, 15) is 4.79 Å². The number of rotatable bonds is 7. The number of carbonyl (C=O) groups excluding carboxylic acids is 1. The zero-order chi connectivity index (χ0) is 21.8. The molecule has 0 saturated carbocycles. The third kappa shape index (κ3) is 4.22. The highest BCUT2D eigenvalue weighted by Gasteiger charge is 2.15. The van der Waals surface area contributed by atoms with Gasteiger partial charge in [-0.05, 0) is 40.5 Å². The summed E-state index contributed by atoms with van der Waals surface area (Å²) in [7, 11) is 0. The molecule has 2 aromatic carbocycles. The Morgan fingerprint density at radius 2 is 1.84 bits per heavy atom. The van der Waals surface area contributed by atoms with Crippen molar-refractivity contribution in [2.45, 2.75) is 13.1 Å². The molecule has 0 radical (unpaired) electrons. The van der Waals surface area contributed by atoms with Crippen LogP contribution in [0.15, 0.2) is 100 Å². The fourth-order valence-electron chi connectivity index (χ4n) is 3.51. The lowest BCUT2D eigenvalue weighted by Gasteiger charge is -2.11. The Kier molecular flexibility index (Phi) is 5.36. The summed E-state index contributed by atoms with van der Waals surface area (Å²) in [5, 5.41) is 11.0. The number of amides is 1. The standard InChI is InChI=1S/C25H20N4O3/c30-25(22-15-24(32-28-22)23-7-3-14-31-23)26-16-20-5-1-2-6-21(20)19-10-8-18(9-11-19)17-29-13-4-12-27-29/h1-15H,16-17H2,(H,26,30). The molecular weight excluding hydrogens is 404 g/mol. The number of hydrogen-bond acceptors (Lipinski definition) is 5. The van der Waals surface area contributed by atoms with E-state index in [2.05, 4.69) is 45.9 Å². The first-order chi connectivity index (χ1) is 15.8. The average molecular weight is 424 g/mol. The molecule has 3 heterocycles. The van der Waals surface area contributed by atoms with Gasteiger partial charge in [0.05, 0.1) is 12.8 Å². The fraction of sp³-hybridized carbons (Fsp3) is 0.0800. The van der Waals surface area contributed by atoms with Crippen molar-refractivity contribution in [3.63, 3.8) is 0 Å². The second kappa shape index (κ2) is 8.77. The van der Waals surface area contributed by atoms with E-state index < -0.39 is 0 Å². The largest absolute Gasteiger partial charge is 0.461 e. The van der Waals surface area contributed by atoms with Crippen LogP contribution < -0.4 is 5.32 Å². The molecule has 1 amide bonds. The van der Waals surface area contributed by atoms with Crippen molar-refractivity contribution in [2.75, 3.05) is 0 Å². The second-order valence-corrected chi connectivity index (χ2v) is 7.29. The molecule has 0 saturated heterocycles. The molecule has 0 bridgehead atoms. The van der Waals surface area contributed by atoms with Crippen molar-refractivity contribution in [2.24, 2.45) is 0 Å². The Labute approximate surface area is 184 Å². The van der Waals surface area contributed by atoms with Crippen molar-refractivity contribution in [3.8, 4) is 22.6 Å². The molecule has 0 aliphatic heterocycles. The van der Waals surface area contributed by atoms with Gasteiger partial charge in [0.25, 0.3) is 5.91 Å². The van der Waals surface area contributed by atoms with Gasteiger partial charge in [-0.1, -0.05) is 53.7 Å². The molecule has 0 unspecified atom stereocenters. The summed E-state index contributed by atoms with van der Waals surface area (Å²) in [6.07, 6.45) is 5.26. The molecule has 32 heavy (non-hydrogen) atoms. The molecule has 0 aliphatic rings. The van der Waals surface area contributed by atoms with Gasteiger partial charge in [-0.25, -0.2) is 0 Å². The number of benzene rings is 2. The molecule has 0 fully saturated rings. The Bertz CT molecular complexity index is 1300. The topological polar surface area (TPSA) is 86.1 Å². The molecule has 7 nitrogen and oxygen atoms in total. The Balaban J connectivity index is 1.28. The maximum Gasteiger partial charge on any atom is 0.273 e. The minimum atomic E-state index is -0.309. The highest BCUT2D eigenvalue weighted by molar-refractivity contribution is 5.93. The minimum absolute atomic E-state index is 0.205. The van der Waals surface area contributed by atoms with E-state index in [0.29, 0.717) is 18.1 Å². The van der Waals surface area contributed by atoms with Crippen molar-refractivity contribution < 1.29 is 13.7 Å². The van der Waals surface area contributed by atoms with E-state index in [1.54, 1.807) is 30.7 Å². The molecule has 5 aromatic rings. The third-order valence-electron chi connectivity index (χ3n) is 5.13. The summed E-state index contributed by atoms with van der Waals surface area (Å²) < 4.78 is 12.4. The first-order valence-electron chi connectivity index (χ1n) is 10.2. The van der Waals surface area contributed by atoms with Crippen LogP contribution in [0.3, 0.4) is 0 Å². The van der Waals surface area contributed by atoms with Gasteiger partial charge in [0.15, 0.2) is 11.5 Å². The van der Waals surface area contributed by atoms with Crippen molar-refractivity contribution >= 4 is 5.91 Å². The average Bonchev–Trinajstić information content (AvgIpc) is 3.61. The van der Waals surface area contributed by atoms with E-state index in [1.165, 1.54) is 5.56 Å². The maximum absolute atomic E-state index is 12.6. The van der Waals surface area contributed by atoms with E-state index in [4.69, 9.17) is 8.94 Å². The van der Waals surface area contributed by atoms with E-state index in [0.717, 1.165) is 23.2 Å². The number of aromatic nitrogens is 3. The molecular formula is C25H20N4O3. The van der Waals surface area contributed by atoms with Crippen LogP contribution in [0.4, 0.5) is 0 Å². The van der Waals surface area contributed by atoms with Crippen molar-refractivity contribution in [1.29, 1.82) is 0 Å². The zero-order valence-corrected chi connectivity index (χ0v) is 17.1. The molecule has 3 aromatic heterocycles. The van der Waals surface area contributed by atoms with Crippen LogP contribution in [0.2, 0.25) is 0 Å². The normalized spacial score (nSPS) is 10.9. The van der Waals surface area contributed by atoms with Gasteiger partial charge >= 0.3 is 0 Å². The lowest BCUT2D eigenvalue weighted by Crippen LogP contribution is -2.23. The number of nitrogens with zero attached hydrogens (tertiary/aromatic N) is 3. The molecule has 158 valence electrons. The number of hydrogen-bond donors (Lipinski definition) is 1. The number of furan rings is 1. The number of nitrogens with one attached hydrogen (secondary N) is 1. The highest BCUT2D eigenvalue weighted by atomic mass is 16.5. The molecule has 0 aliphatic carbocycles. The van der Waals surface area contributed by atoms with Gasteiger partial charge in [-0.2, -0.15) is 5.10 Å². The summed E-state index contributed by atoms with van der Waals surface area (Å²) in [6.45, 7) is 1.09.